The Bertz CT molecular complexity index is 1500. The fourth-order valence-corrected chi connectivity index (χ4v) is 5.23. The molecule has 0 unspecified atom stereocenters. The molecule has 2 aromatic carbocycles. The number of nitrogens with zero attached hydrogens (tertiary/aromatic N) is 6. The molecule has 4 rings (SSSR count). The van der Waals surface area contributed by atoms with Crippen molar-refractivity contribution in [1.29, 1.82) is 0 Å². The molecule has 0 saturated carbocycles. The van der Waals surface area contributed by atoms with E-state index in [-0.39, 0.29) is 35.6 Å². The molecule has 0 bridgehead atoms. The normalized spacial score (nSPS) is 17.6. The van der Waals surface area contributed by atoms with Crippen molar-refractivity contribution in [3.05, 3.63) is 64.2 Å². The predicted octanol–water partition coefficient (Wildman–Crippen LogP) is 7.79. The Hall–Kier alpha value is -4.05. The third-order valence-corrected chi connectivity index (χ3v) is 7.20. The Morgan fingerprint density at radius 1 is 0.911 bits per heavy atom. The van der Waals surface area contributed by atoms with Gasteiger partial charge in [0.25, 0.3) is 5.95 Å². The molecular weight excluding hydrogens is 623 g/mol. The summed E-state index contributed by atoms with van der Waals surface area (Å²) in [6, 6.07) is 1.82. The van der Waals surface area contributed by atoms with Crippen LogP contribution in [0, 0.1) is 5.92 Å². The Morgan fingerprint density at radius 3 is 1.96 bits per heavy atom. The molecule has 0 saturated heterocycles. The number of carbonyl (C=O) groups excluding carboxylic acids is 1. The first-order chi connectivity index (χ1) is 20.7. The van der Waals surface area contributed by atoms with Gasteiger partial charge in [0.05, 0.1) is 41.6 Å². The highest BCUT2D eigenvalue weighted by atomic mass is 19.4. The Balaban J connectivity index is 1.96. The average molecular weight is 653 g/mol. The first-order valence-corrected chi connectivity index (χ1v) is 13.7. The summed E-state index contributed by atoms with van der Waals surface area (Å²) in [4.78, 5) is 16.7. The van der Waals surface area contributed by atoms with Gasteiger partial charge in [-0.3, -0.25) is 4.90 Å². The van der Waals surface area contributed by atoms with Gasteiger partial charge in [-0.2, -0.15) is 44.3 Å². The minimum Gasteiger partial charge on any atom is -0.446 e. The molecule has 0 aliphatic carbocycles. The molecule has 1 amide bonds. The number of rotatable bonds is 6. The second kappa shape index (κ2) is 12.0. The van der Waals surface area contributed by atoms with Gasteiger partial charge in [-0.25, -0.2) is 4.79 Å². The number of carbonyl (C=O) groups is 1. The van der Waals surface area contributed by atoms with Crippen LogP contribution < -0.4 is 9.80 Å². The molecule has 1 aromatic heterocycles. The van der Waals surface area contributed by atoms with Crippen LogP contribution in [0.1, 0.15) is 68.0 Å². The fourth-order valence-electron chi connectivity index (χ4n) is 5.23. The molecule has 3 aromatic rings. The lowest BCUT2D eigenvalue weighted by molar-refractivity contribution is -0.143. The van der Waals surface area contributed by atoms with Gasteiger partial charge >= 0.3 is 24.6 Å². The van der Waals surface area contributed by atoms with Crippen LogP contribution in [0.15, 0.2) is 36.4 Å². The summed E-state index contributed by atoms with van der Waals surface area (Å²) in [5, 5.41) is 11.7. The van der Waals surface area contributed by atoms with E-state index in [1.807, 2.05) is 0 Å². The lowest BCUT2D eigenvalue weighted by atomic mass is 9.84. The Morgan fingerprint density at radius 2 is 1.49 bits per heavy atom. The molecule has 17 heteroatoms. The summed E-state index contributed by atoms with van der Waals surface area (Å²) in [5.41, 5.74) is -4.73. The van der Waals surface area contributed by atoms with E-state index in [1.165, 1.54) is 16.8 Å². The lowest BCUT2D eigenvalue weighted by Crippen LogP contribution is -2.50. The van der Waals surface area contributed by atoms with E-state index < -0.39 is 71.6 Å². The van der Waals surface area contributed by atoms with Crippen molar-refractivity contribution >= 4 is 17.7 Å². The summed E-state index contributed by atoms with van der Waals surface area (Å²) in [7, 11) is 1.36. The van der Waals surface area contributed by atoms with Gasteiger partial charge in [0.15, 0.2) is 0 Å². The number of anilines is 2. The summed E-state index contributed by atoms with van der Waals surface area (Å²) in [5.74, 6) is -0.595. The van der Waals surface area contributed by atoms with Crippen molar-refractivity contribution < 1.29 is 49.0 Å². The van der Waals surface area contributed by atoms with Crippen LogP contribution in [0.4, 0.5) is 55.9 Å². The van der Waals surface area contributed by atoms with E-state index in [9.17, 15) is 44.3 Å². The smallest absolute Gasteiger partial charge is 0.416 e. The third kappa shape index (κ3) is 7.44. The van der Waals surface area contributed by atoms with Crippen LogP contribution in [0.3, 0.4) is 0 Å². The van der Waals surface area contributed by atoms with Crippen LogP contribution in [0.2, 0.25) is 0 Å². The Labute approximate surface area is 251 Å². The molecule has 0 N–H and O–H groups in total. The molecule has 246 valence electrons. The topological polar surface area (TPSA) is 76.4 Å². The highest BCUT2D eigenvalue weighted by molar-refractivity contribution is 5.90. The minimum atomic E-state index is -5.13. The van der Waals surface area contributed by atoms with E-state index >= 15 is 0 Å². The summed E-state index contributed by atoms with van der Waals surface area (Å²) in [6.45, 7) is 6.00. The van der Waals surface area contributed by atoms with Crippen LogP contribution in [-0.2, 0) is 36.9 Å². The predicted molar refractivity (Wildman–Crippen MR) is 143 cm³/mol. The summed E-state index contributed by atoms with van der Waals surface area (Å²) < 4.78 is 129. The van der Waals surface area contributed by atoms with E-state index in [4.69, 9.17) is 4.74 Å². The van der Waals surface area contributed by atoms with Crippen LogP contribution in [-0.4, -0.2) is 38.4 Å². The minimum absolute atomic E-state index is 0.0209. The van der Waals surface area contributed by atoms with E-state index in [0.29, 0.717) is 12.1 Å². The molecule has 1 aliphatic heterocycles. The van der Waals surface area contributed by atoms with Crippen LogP contribution in [0.25, 0.3) is 0 Å². The number of ether oxygens (including phenoxy) is 1. The highest BCUT2D eigenvalue weighted by Crippen LogP contribution is 2.47. The van der Waals surface area contributed by atoms with E-state index in [2.05, 4.69) is 15.4 Å². The SMILES string of the molecule is CC(C)OC(=O)N1c2ccc(C(F)(F)F)cc2[C@@H](N(Cc2cc(C(F)(F)F)cc(C(F)(F)F)c2)c2nnn(C)n2)C[C@H]1C(C)C. The molecule has 0 radical (unpaired) electrons. The number of aryl methyl sites for hydroxylation is 1. The highest BCUT2D eigenvalue weighted by Gasteiger charge is 2.44. The quantitative estimate of drug-likeness (QED) is 0.253. The van der Waals surface area contributed by atoms with Gasteiger partial charge in [0.1, 0.15) is 0 Å². The van der Waals surface area contributed by atoms with Crippen molar-refractivity contribution in [1.82, 2.24) is 20.2 Å². The number of tetrazole rings is 1. The molecule has 0 spiro atoms. The number of benzene rings is 2. The van der Waals surface area contributed by atoms with Gasteiger partial charge < -0.3 is 9.64 Å². The van der Waals surface area contributed by atoms with E-state index in [0.717, 1.165) is 23.0 Å². The standard InChI is InChI=1S/C28H29F9N6O2/c1-14(2)22-12-23(20-11-17(26(29,30)31)6-7-21(20)43(22)25(44)45-15(3)4)42(24-38-40-41(5)39-24)13-16-8-18(27(32,33)34)10-19(9-16)28(35,36)37/h6-11,14-15,22-23H,12-13H2,1-5H3/t22-,23-/m0/s1. The largest absolute Gasteiger partial charge is 0.446 e. The number of hydrogen-bond acceptors (Lipinski definition) is 6. The van der Waals surface area contributed by atoms with Gasteiger partial charge in [-0.1, -0.05) is 18.9 Å². The first kappa shape index (κ1) is 33.8. The van der Waals surface area contributed by atoms with Gasteiger partial charge in [-0.15, -0.1) is 5.10 Å². The first-order valence-electron chi connectivity index (χ1n) is 13.7. The van der Waals surface area contributed by atoms with E-state index in [1.54, 1.807) is 27.7 Å². The molecule has 8 nitrogen and oxygen atoms in total. The number of fused-ring (bicyclic) bond motifs is 1. The Kier molecular flexibility index (Phi) is 9.05. The summed E-state index contributed by atoms with van der Waals surface area (Å²) in [6.07, 6.45) is -16.6. The number of amides is 1. The molecule has 1 aliphatic rings. The third-order valence-electron chi connectivity index (χ3n) is 7.20. The molecule has 2 heterocycles. The molecule has 2 atom stereocenters. The van der Waals surface area contributed by atoms with Crippen LogP contribution in [0.5, 0.6) is 0 Å². The van der Waals surface area contributed by atoms with Crippen molar-refractivity contribution in [2.75, 3.05) is 9.80 Å². The second-order valence-electron chi connectivity index (χ2n) is 11.3. The van der Waals surface area contributed by atoms with Crippen molar-refractivity contribution in [2.24, 2.45) is 13.0 Å². The fraction of sp³-hybridized carbons (Fsp3) is 0.500. The molecule has 0 fully saturated rings. The zero-order chi connectivity index (χ0) is 33.6. The van der Waals surface area contributed by atoms with Crippen molar-refractivity contribution in [3.8, 4) is 0 Å². The maximum atomic E-state index is 13.9. The molecular formula is C28H29F9N6O2. The zero-order valence-electron chi connectivity index (χ0n) is 24.6. The molecule has 45 heavy (non-hydrogen) atoms. The summed E-state index contributed by atoms with van der Waals surface area (Å²) >= 11 is 0. The lowest BCUT2D eigenvalue weighted by Gasteiger charge is -2.45. The van der Waals surface area contributed by atoms with Gasteiger partial charge in [-0.05, 0) is 78.9 Å². The number of aromatic nitrogens is 4. The van der Waals surface area contributed by atoms with Crippen LogP contribution >= 0.6 is 0 Å². The maximum absolute atomic E-state index is 13.9. The second-order valence-corrected chi connectivity index (χ2v) is 11.3. The van der Waals surface area contributed by atoms with Crippen molar-refractivity contribution in [2.45, 2.75) is 77.4 Å². The zero-order valence-corrected chi connectivity index (χ0v) is 24.6. The maximum Gasteiger partial charge on any atom is 0.416 e. The number of alkyl halides is 9. The van der Waals surface area contributed by atoms with Crippen molar-refractivity contribution in [3.63, 3.8) is 0 Å². The van der Waals surface area contributed by atoms with Gasteiger partial charge in [0, 0.05) is 12.6 Å². The number of halogens is 9. The average Bonchev–Trinajstić information content (AvgIpc) is 3.34. The van der Waals surface area contributed by atoms with Gasteiger partial charge in [0.2, 0.25) is 0 Å². The monoisotopic (exact) mass is 652 g/mol. The number of hydrogen-bond donors (Lipinski definition) is 0.